The van der Waals surface area contributed by atoms with Gasteiger partial charge < -0.3 is 9.64 Å². The molecule has 1 aromatic heterocycles. The van der Waals surface area contributed by atoms with Crippen molar-refractivity contribution in [3.63, 3.8) is 0 Å². The van der Waals surface area contributed by atoms with Crippen molar-refractivity contribution >= 4 is 28.8 Å². The van der Waals surface area contributed by atoms with Crippen LogP contribution in [0.15, 0.2) is 53.9 Å². The maximum Gasteiger partial charge on any atom is 0.227 e. The Morgan fingerprint density at radius 1 is 1.07 bits per heavy atom. The molecule has 156 valence electrons. The van der Waals surface area contributed by atoms with E-state index in [1.165, 1.54) is 0 Å². The number of ether oxygens (including phenoxy) is 1. The van der Waals surface area contributed by atoms with Crippen molar-refractivity contribution in [2.75, 3.05) is 33.3 Å². The van der Waals surface area contributed by atoms with Gasteiger partial charge in [0.2, 0.25) is 5.91 Å². The Hall–Kier alpha value is -2.41. The second-order valence-electron chi connectivity index (χ2n) is 7.32. The van der Waals surface area contributed by atoms with Crippen LogP contribution in [0, 0.1) is 0 Å². The lowest BCUT2D eigenvalue weighted by molar-refractivity contribution is -0.132. The normalized spacial score (nSPS) is 14.7. The number of nitrogens with zero attached hydrogens (tertiary/aromatic N) is 3. The lowest BCUT2D eigenvalue weighted by Gasteiger charge is -2.34. The fraction of sp³-hybridized carbons (Fsp3) is 0.304. The van der Waals surface area contributed by atoms with Crippen molar-refractivity contribution < 1.29 is 9.53 Å². The molecule has 2 heterocycles. The summed E-state index contributed by atoms with van der Waals surface area (Å²) in [5.41, 5.74) is 3.08. The van der Waals surface area contributed by atoms with E-state index in [2.05, 4.69) is 10.3 Å². The third-order valence-corrected chi connectivity index (χ3v) is 6.38. The van der Waals surface area contributed by atoms with Crippen LogP contribution < -0.4 is 4.74 Å². The summed E-state index contributed by atoms with van der Waals surface area (Å²) >= 11 is 7.64. The molecule has 1 amide bonds. The van der Waals surface area contributed by atoms with Crippen LogP contribution in [0.1, 0.15) is 10.6 Å². The van der Waals surface area contributed by atoms with E-state index < -0.39 is 0 Å². The van der Waals surface area contributed by atoms with E-state index >= 15 is 0 Å². The SMILES string of the molecule is COc1ccc(CC(=O)N2CCN(Cc3nc(-c4ccc(Cl)cc4)cs3)CC2)cc1. The van der Waals surface area contributed by atoms with E-state index in [9.17, 15) is 4.79 Å². The predicted octanol–water partition coefficient (Wildman–Crippen LogP) is 4.36. The molecular weight excluding hydrogens is 418 g/mol. The monoisotopic (exact) mass is 441 g/mol. The van der Waals surface area contributed by atoms with Crippen LogP contribution in [0.25, 0.3) is 11.3 Å². The fourth-order valence-corrected chi connectivity index (χ4v) is 4.48. The quantitative estimate of drug-likeness (QED) is 0.570. The van der Waals surface area contributed by atoms with Gasteiger partial charge in [0.15, 0.2) is 0 Å². The second-order valence-corrected chi connectivity index (χ2v) is 8.69. The summed E-state index contributed by atoms with van der Waals surface area (Å²) in [5, 5.41) is 3.92. The van der Waals surface area contributed by atoms with Crippen molar-refractivity contribution in [2.24, 2.45) is 0 Å². The zero-order valence-corrected chi connectivity index (χ0v) is 18.5. The summed E-state index contributed by atoms with van der Waals surface area (Å²) < 4.78 is 5.17. The number of halogens is 1. The third-order valence-electron chi connectivity index (χ3n) is 5.29. The Morgan fingerprint density at radius 3 is 2.43 bits per heavy atom. The number of aromatic nitrogens is 1. The van der Waals surface area contributed by atoms with E-state index in [0.717, 1.165) is 65.3 Å². The average molecular weight is 442 g/mol. The lowest BCUT2D eigenvalue weighted by Crippen LogP contribution is -2.48. The summed E-state index contributed by atoms with van der Waals surface area (Å²) in [5.74, 6) is 0.986. The molecule has 30 heavy (non-hydrogen) atoms. The number of hydrogen-bond acceptors (Lipinski definition) is 5. The highest BCUT2D eigenvalue weighted by atomic mass is 35.5. The molecule has 7 heteroatoms. The van der Waals surface area contributed by atoms with Crippen LogP contribution in [0.4, 0.5) is 0 Å². The predicted molar refractivity (Wildman–Crippen MR) is 121 cm³/mol. The second kappa shape index (κ2) is 9.60. The molecule has 0 bridgehead atoms. The molecule has 1 saturated heterocycles. The van der Waals surface area contributed by atoms with Crippen LogP contribution in [0.2, 0.25) is 5.02 Å². The standard InChI is InChI=1S/C23H24ClN3O2S/c1-29-20-8-2-17(3-9-20)14-23(28)27-12-10-26(11-13-27)15-22-25-21(16-30-22)18-4-6-19(24)7-5-18/h2-9,16H,10-15H2,1H3. The van der Waals surface area contributed by atoms with Crippen molar-refractivity contribution in [3.05, 3.63) is 69.5 Å². The van der Waals surface area contributed by atoms with Gasteiger partial charge in [-0.05, 0) is 29.8 Å². The summed E-state index contributed by atoms with van der Waals surface area (Å²) in [6, 6.07) is 15.5. The van der Waals surface area contributed by atoms with Gasteiger partial charge in [0.25, 0.3) is 0 Å². The number of rotatable bonds is 6. The molecule has 0 radical (unpaired) electrons. The number of amides is 1. The molecule has 4 rings (SSSR count). The van der Waals surface area contributed by atoms with Crippen LogP contribution in [0.3, 0.4) is 0 Å². The first-order chi connectivity index (χ1) is 14.6. The lowest BCUT2D eigenvalue weighted by atomic mass is 10.1. The van der Waals surface area contributed by atoms with E-state index in [-0.39, 0.29) is 5.91 Å². The number of benzene rings is 2. The highest BCUT2D eigenvalue weighted by molar-refractivity contribution is 7.09. The summed E-state index contributed by atoms with van der Waals surface area (Å²) in [4.78, 5) is 21.7. The first kappa shape index (κ1) is 20.8. The molecule has 3 aromatic rings. The van der Waals surface area contributed by atoms with Gasteiger partial charge in [-0.3, -0.25) is 9.69 Å². The molecule has 1 aliphatic rings. The fourth-order valence-electron chi connectivity index (χ4n) is 3.51. The van der Waals surface area contributed by atoms with Crippen molar-refractivity contribution in [1.29, 1.82) is 0 Å². The van der Waals surface area contributed by atoms with Gasteiger partial charge in [0.1, 0.15) is 10.8 Å². The molecule has 5 nitrogen and oxygen atoms in total. The van der Waals surface area contributed by atoms with E-state index in [4.69, 9.17) is 21.3 Å². The summed E-state index contributed by atoms with van der Waals surface area (Å²) in [7, 11) is 1.64. The maximum atomic E-state index is 12.6. The van der Waals surface area contributed by atoms with E-state index in [1.807, 2.05) is 53.4 Å². The van der Waals surface area contributed by atoms with Crippen LogP contribution >= 0.6 is 22.9 Å². The highest BCUT2D eigenvalue weighted by Crippen LogP contribution is 2.24. The molecule has 2 aromatic carbocycles. The minimum Gasteiger partial charge on any atom is -0.497 e. The molecule has 0 N–H and O–H groups in total. The Balaban J connectivity index is 1.27. The summed E-state index contributed by atoms with van der Waals surface area (Å²) in [6.07, 6.45) is 0.431. The maximum absolute atomic E-state index is 12.6. The van der Waals surface area contributed by atoms with Crippen LogP contribution in [0.5, 0.6) is 5.75 Å². The van der Waals surface area contributed by atoms with Crippen molar-refractivity contribution in [3.8, 4) is 17.0 Å². The number of carbonyl (C=O) groups is 1. The van der Waals surface area contributed by atoms with Gasteiger partial charge in [-0.1, -0.05) is 35.9 Å². The first-order valence-electron chi connectivity index (χ1n) is 9.94. The van der Waals surface area contributed by atoms with Gasteiger partial charge in [0.05, 0.1) is 25.8 Å². The number of thiazole rings is 1. The van der Waals surface area contributed by atoms with Gasteiger partial charge in [-0.25, -0.2) is 4.98 Å². The summed E-state index contributed by atoms with van der Waals surface area (Å²) in [6.45, 7) is 4.06. The average Bonchev–Trinajstić information content (AvgIpc) is 3.23. The molecule has 0 atom stereocenters. The van der Waals surface area contributed by atoms with E-state index in [1.54, 1.807) is 18.4 Å². The van der Waals surface area contributed by atoms with Crippen LogP contribution in [-0.2, 0) is 17.8 Å². The minimum absolute atomic E-state index is 0.180. The van der Waals surface area contributed by atoms with Crippen LogP contribution in [-0.4, -0.2) is 54.0 Å². The van der Waals surface area contributed by atoms with E-state index in [0.29, 0.717) is 6.42 Å². The number of methoxy groups -OCH3 is 1. The topological polar surface area (TPSA) is 45.7 Å². The van der Waals surface area contributed by atoms with Gasteiger partial charge in [-0.15, -0.1) is 11.3 Å². The van der Waals surface area contributed by atoms with Crippen molar-refractivity contribution in [2.45, 2.75) is 13.0 Å². The first-order valence-corrected chi connectivity index (χ1v) is 11.2. The number of piperazine rings is 1. The molecule has 1 aliphatic heterocycles. The molecule has 0 spiro atoms. The molecular formula is C23H24ClN3O2S. The highest BCUT2D eigenvalue weighted by Gasteiger charge is 2.22. The Kier molecular flexibility index (Phi) is 6.67. The number of carbonyl (C=O) groups excluding carboxylic acids is 1. The largest absolute Gasteiger partial charge is 0.497 e. The molecule has 0 unspecified atom stereocenters. The Labute approximate surface area is 185 Å². The minimum atomic E-state index is 0.180. The number of hydrogen-bond donors (Lipinski definition) is 0. The Bertz CT molecular complexity index is 980. The zero-order valence-electron chi connectivity index (χ0n) is 16.9. The molecule has 0 aliphatic carbocycles. The van der Waals surface area contributed by atoms with Gasteiger partial charge in [0, 0.05) is 42.1 Å². The van der Waals surface area contributed by atoms with Crippen molar-refractivity contribution in [1.82, 2.24) is 14.8 Å². The molecule has 1 fully saturated rings. The third kappa shape index (κ3) is 5.19. The Morgan fingerprint density at radius 2 is 1.77 bits per heavy atom. The zero-order chi connectivity index (χ0) is 20.9. The van der Waals surface area contributed by atoms with Gasteiger partial charge in [-0.2, -0.15) is 0 Å². The van der Waals surface area contributed by atoms with Gasteiger partial charge >= 0.3 is 0 Å². The molecule has 0 saturated carbocycles. The smallest absolute Gasteiger partial charge is 0.227 e.